The van der Waals surface area contributed by atoms with Crippen molar-refractivity contribution in [1.29, 1.82) is 0 Å². The molecule has 2 aromatic rings. The number of fused-ring (bicyclic) bond motifs is 1. The number of halogens is 4. The number of alkyl halides is 3. The van der Waals surface area contributed by atoms with Crippen molar-refractivity contribution in [3.8, 4) is 11.5 Å². The standard InChI is InChI=1S/C17H13ClF3NO3/c1-22(8-10-2-4-12(5-3-10)17(19,20)21)16(23)11-6-13(18)15-14(7-11)24-9-25-15/h2-7H,8-9H2,1H3. The Bertz CT molecular complexity index is 806. The van der Waals surface area contributed by atoms with Crippen molar-refractivity contribution in [3.05, 3.63) is 58.1 Å². The number of benzene rings is 2. The topological polar surface area (TPSA) is 38.8 Å². The van der Waals surface area contributed by atoms with E-state index in [1.165, 1.54) is 29.2 Å². The fourth-order valence-electron chi connectivity index (χ4n) is 2.46. The lowest BCUT2D eigenvalue weighted by atomic mass is 10.1. The Morgan fingerprint density at radius 2 is 1.88 bits per heavy atom. The van der Waals surface area contributed by atoms with Crippen LogP contribution in [0.25, 0.3) is 0 Å². The normalized spacial score (nSPS) is 13.0. The SMILES string of the molecule is CN(Cc1ccc(C(F)(F)F)cc1)C(=O)c1cc(Cl)c2c(c1)OCO2. The first-order valence-electron chi connectivity index (χ1n) is 7.26. The second-order valence-electron chi connectivity index (χ2n) is 5.55. The summed E-state index contributed by atoms with van der Waals surface area (Å²) in [7, 11) is 1.55. The van der Waals surface area contributed by atoms with E-state index in [2.05, 4.69) is 0 Å². The molecule has 2 aromatic carbocycles. The van der Waals surface area contributed by atoms with Gasteiger partial charge in [-0.1, -0.05) is 23.7 Å². The summed E-state index contributed by atoms with van der Waals surface area (Å²) in [6.07, 6.45) is -4.39. The van der Waals surface area contributed by atoms with E-state index in [1.807, 2.05) is 0 Å². The maximum absolute atomic E-state index is 12.6. The highest BCUT2D eigenvalue weighted by molar-refractivity contribution is 6.32. The Balaban J connectivity index is 1.74. The van der Waals surface area contributed by atoms with E-state index in [4.69, 9.17) is 21.1 Å². The minimum atomic E-state index is -4.39. The Hall–Kier alpha value is -2.41. The highest BCUT2D eigenvalue weighted by Crippen LogP contribution is 2.40. The summed E-state index contributed by atoms with van der Waals surface area (Å²) in [4.78, 5) is 13.9. The molecule has 0 spiro atoms. The summed E-state index contributed by atoms with van der Waals surface area (Å²) in [6.45, 7) is 0.192. The van der Waals surface area contributed by atoms with Crippen LogP contribution in [0.4, 0.5) is 13.2 Å². The summed E-state index contributed by atoms with van der Waals surface area (Å²) in [5.74, 6) is 0.447. The van der Waals surface area contributed by atoms with Crippen molar-refractivity contribution in [2.75, 3.05) is 13.8 Å². The fraction of sp³-hybridized carbons (Fsp3) is 0.235. The van der Waals surface area contributed by atoms with Gasteiger partial charge in [0.05, 0.1) is 10.6 Å². The number of rotatable bonds is 3. The number of carbonyl (C=O) groups excluding carboxylic acids is 1. The molecule has 0 fully saturated rings. The van der Waals surface area contributed by atoms with Gasteiger partial charge in [0, 0.05) is 19.2 Å². The molecule has 0 aliphatic carbocycles. The smallest absolute Gasteiger partial charge is 0.416 e. The molecule has 8 heteroatoms. The quantitative estimate of drug-likeness (QED) is 0.804. The third kappa shape index (κ3) is 3.66. The highest BCUT2D eigenvalue weighted by Gasteiger charge is 2.30. The van der Waals surface area contributed by atoms with Gasteiger partial charge in [-0.25, -0.2) is 0 Å². The molecular formula is C17H13ClF3NO3. The zero-order chi connectivity index (χ0) is 18.2. The van der Waals surface area contributed by atoms with Crippen molar-refractivity contribution in [2.45, 2.75) is 12.7 Å². The van der Waals surface area contributed by atoms with E-state index in [0.717, 1.165) is 12.1 Å². The molecule has 0 N–H and O–H groups in total. The molecule has 0 atom stereocenters. The van der Waals surface area contributed by atoms with Crippen LogP contribution in [0.15, 0.2) is 36.4 Å². The van der Waals surface area contributed by atoms with Gasteiger partial charge >= 0.3 is 6.18 Å². The molecule has 0 aromatic heterocycles. The van der Waals surface area contributed by atoms with Crippen LogP contribution in [0.3, 0.4) is 0 Å². The van der Waals surface area contributed by atoms with Crippen LogP contribution in [0.5, 0.6) is 11.5 Å². The van der Waals surface area contributed by atoms with Gasteiger partial charge in [-0.3, -0.25) is 4.79 Å². The van der Waals surface area contributed by atoms with E-state index in [9.17, 15) is 18.0 Å². The Morgan fingerprint density at radius 3 is 2.52 bits per heavy atom. The predicted molar refractivity (Wildman–Crippen MR) is 84.8 cm³/mol. The van der Waals surface area contributed by atoms with Crippen LogP contribution < -0.4 is 9.47 Å². The molecule has 3 rings (SSSR count). The number of hydrogen-bond donors (Lipinski definition) is 0. The summed E-state index contributed by atoms with van der Waals surface area (Å²) in [5, 5.41) is 0.265. The first kappa shape index (κ1) is 17.4. The zero-order valence-electron chi connectivity index (χ0n) is 13.1. The number of nitrogens with zero attached hydrogens (tertiary/aromatic N) is 1. The molecule has 132 valence electrons. The van der Waals surface area contributed by atoms with E-state index in [1.54, 1.807) is 7.05 Å². The third-order valence-corrected chi connectivity index (χ3v) is 4.00. The van der Waals surface area contributed by atoms with E-state index in [-0.39, 0.29) is 24.3 Å². The maximum atomic E-state index is 12.6. The van der Waals surface area contributed by atoms with Gasteiger partial charge < -0.3 is 14.4 Å². The monoisotopic (exact) mass is 371 g/mol. The number of carbonyl (C=O) groups is 1. The van der Waals surface area contributed by atoms with Gasteiger partial charge in [0.1, 0.15) is 0 Å². The van der Waals surface area contributed by atoms with Crippen molar-refractivity contribution in [2.24, 2.45) is 0 Å². The summed E-state index contributed by atoms with van der Waals surface area (Å²) in [5.41, 5.74) is 0.159. The largest absolute Gasteiger partial charge is 0.454 e. The third-order valence-electron chi connectivity index (χ3n) is 3.72. The van der Waals surface area contributed by atoms with E-state index < -0.39 is 11.7 Å². The van der Waals surface area contributed by atoms with Crippen LogP contribution in [0.2, 0.25) is 5.02 Å². The van der Waals surface area contributed by atoms with Crippen molar-refractivity contribution >= 4 is 17.5 Å². The van der Waals surface area contributed by atoms with Gasteiger partial charge in [0.25, 0.3) is 5.91 Å². The van der Waals surface area contributed by atoms with Crippen LogP contribution >= 0.6 is 11.6 Å². The van der Waals surface area contributed by atoms with Gasteiger partial charge in [0.15, 0.2) is 11.5 Å². The predicted octanol–water partition coefficient (Wildman–Crippen LogP) is 4.36. The first-order chi connectivity index (χ1) is 11.8. The molecule has 0 radical (unpaired) electrons. The highest BCUT2D eigenvalue weighted by atomic mass is 35.5. The number of ether oxygens (including phenoxy) is 2. The van der Waals surface area contributed by atoms with E-state index in [0.29, 0.717) is 22.6 Å². The van der Waals surface area contributed by atoms with Crippen LogP contribution in [0, 0.1) is 0 Å². The average Bonchev–Trinajstić information content (AvgIpc) is 3.03. The molecule has 0 saturated carbocycles. The lowest BCUT2D eigenvalue weighted by Gasteiger charge is -2.18. The molecule has 1 heterocycles. The first-order valence-corrected chi connectivity index (χ1v) is 7.64. The molecule has 1 amide bonds. The fourth-order valence-corrected chi connectivity index (χ4v) is 2.72. The number of amides is 1. The lowest BCUT2D eigenvalue weighted by Crippen LogP contribution is -2.26. The molecule has 1 aliphatic rings. The van der Waals surface area contributed by atoms with Gasteiger partial charge in [-0.15, -0.1) is 0 Å². The summed E-state index contributed by atoms with van der Waals surface area (Å²) >= 11 is 6.06. The number of hydrogen-bond acceptors (Lipinski definition) is 3. The molecule has 25 heavy (non-hydrogen) atoms. The molecule has 0 saturated heterocycles. The second-order valence-corrected chi connectivity index (χ2v) is 5.95. The van der Waals surface area contributed by atoms with Gasteiger partial charge in [-0.2, -0.15) is 13.2 Å². The Labute approximate surface area is 146 Å². The Morgan fingerprint density at radius 1 is 1.20 bits per heavy atom. The maximum Gasteiger partial charge on any atom is 0.416 e. The van der Waals surface area contributed by atoms with E-state index >= 15 is 0 Å². The van der Waals surface area contributed by atoms with Crippen molar-refractivity contribution in [3.63, 3.8) is 0 Å². The van der Waals surface area contributed by atoms with Crippen LogP contribution in [-0.4, -0.2) is 24.6 Å². The van der Waals surface area contributed by atoms with Crippen molar-refractivity contribution in [1.82, 2.24) is 4.90 Å². The lowest BCUT2D eigenvalue weighted by molar-refractivity contribution is -0.137. The minimum Gasteiger partial charge on any atom is -0.454 e. The molecule has 4 nitrogen and oxygen atoms in total. The summed E-state index contributed by atoms with van der Waals surface area (Å²) < 4.78 is 48.2. The van der Waals surface area contributed by atoms with Crippen LogP contribution in [-0.2, 0) is 12.7 Å². The molecule has 0 unspecified atom stereocenters. The minimum absolute atomic E-state index is 0.0358. The van der Waals surface area contributed by atoms with Crippen molar-refractivity contribution < 1.29 is 27.4 Å². The zero-order valence-corrected chi connectivity index (χ0v) is 13.8. The average molecular weight is 372 g/mol. The Kier molecular flexibility index (Phi) is 4.51. The van der Waals surface area contributed by atoms with Gasteiger partial charge in [-0.05, 0) is 29.8 Å². The van der Waals surface area contributed by atoms with Crippen LogP contribution in [0.1, 0.15) is 21.5 Å². The van der Waals surface area contributed by atoms with Gasteiger partial charge in [0.2, 0.25) is 6.79 Å². The molecule has 0 bridgehead atoms. The molecular weight excluding hydrogens is 359 g/mol. The summed E-state index contributed by atoms with van der Waals surface area (Å²) in [6, 6.07) is 7.68. The molecule has 1 aliphatic heterocycles. The second kappa shape index (κ2) is 6.48.